The summed E-state index contributed by atoms with van der Waals surface area (Å²) in [5, 5.41) is 9.01. The maximum absolute atomic E-state index is 12.5. The van der Waals surface area contributed by atoms with E-state index < -0.39 is 7.60 Å². The summed E-state index contributed by atoms with van der Waals surface area (Å²) in [5.41, 5.74) is 1.11. The highest BCUT2D eigenvalue weighted by atomic mass is 31.2. The van der Waals surface area contributed by atoms with E-state index in [1.165, 1.54) is 12.2 Å². The monoisotopic (exact) mass is 277 g/mol. The Hall–Kier alpha value is -1.66. The Kier molecular flexibility index (Phi) is 6.24. The molecule has 0 unspecified atom stereocenters. The van der Waals surface area contributed by atoms with Gasteiger partial charge in [0.15, 0.2) is 0 Å². The van der Waals surface area contributed by atoms with Gasteiger partial charge in [-0.2, -0.15) is 5.26 Å². The van der Waals surface area contributed by atoms with Crippen LogP contribution in [0.25, 0.3) is 0 Å². The van der Waals surface area contributed by atoms with E-state index >= 15 is 0 Å². The van der Waals surface area contributed by atoms with Crippen LogP contribution in [0, 0.1) is 11.3 Å². The largest absolute Gasteiger partial charge is 0.335 e. The summed E-state index contributed by atoms with van der Waals surface area (Å²) in [6.07, 6.45) is 3.05. The molecule has 0 saturated heterocycles. The molecule has 0 spiro atoms. The molecular weight excluding hydrogens is 261 g/mol. The van der Waals surface area contributed by atoms with E-state index in [4.69, 9.17) is 14.3 Å². The minimum Gasteiger partial charge on any atom is -0.304 e. The van der Waals surface area contributed by atoms with Gasteiger partial charge in [-0.05, 0) is 11.6 Å². The van der Waals surface area contributed by atoms with Crippen molar-refractivity contribution in [3.05, 3.63) is 60.7 Å². The summed E-state index contributed by atoms with van der Waals surface area (Å²) in [7, 11) is -3.31. The predicted octanol–water partition coefficient (Wildman–Crippen LogP) is 3.66. The molecule has 1 aromatic carbocycles. The quantitative estimate of drug-likeness (QED) is 0.537. The van der Waals surface area contributed by atoms with Crippen LogP contribution in [0.15, 0.2) is 49.6 Å². The highest BCUT2D eigenvalue weighted by Crippen LogP contribution is 2.51. The Bertz CT molecular complexity index is 518. The van der Waals surface area contributed by atoms with Gasteiger partial charge in [-0.3, -0.25) is 4.57 Å². The molecule has 1 aromatic rings. The maximum atomic E-state index is 12.5. The second-order valence-electron chi connectivity index (χ2n) is 3.71. The lowest BCUT2D eigenvalue weighted by Crippen LogP contribution is -2.01. The number of hydrogen-bond acceptors (Lipinski definition) is 4. The third kappa shape index (κ3) is 4.84. The van der Waals surface area contributed by atoms with Crippen LogP contribution in [-0.4, -0.2) is 13.2 Å². The van der Waals surface area contributed by atoms with Crippen molar-refractivity contribution in [3.63, 3.8) is 0 Å². The third-order valence-electron chi connectivity index (χ3n) is 2.28. The van der Waals surface area contributed by atoms with Gasteiger partial charge in [-0.15, -0.1) is 13.2 Å². The van der Waals surface area contributed by atoms with E-state index in [0.29, 0.717) is 11.1 Å². The van der Waals surface area contributed by atoms with Crippen molar-refractivity contribution in [1.29, 1.82) is 5.26 Å². The fourth-order valence-electron chi connectivity index (χ4n) is 1.44. The molecule has 0 bridgehead atoms. The van der Waals surface area contributed by atoms with Crippen LogP contribution in [0.5, 0.6) is 0 Å². The van der Waals surface area contributed by atoms with Gasteiger partial charge in [0.2, 0.25) is 0 Å². The zero-order chi connectivity index (χ0) is 14.1. The van der Waals surface area contributed by atoms with E-state index in [0.717, 1.165) is 0 Å². The minimum absolute atomic E-state index is 0.0540. The lowest BCUT2D eigenvalue weighted by Gasteiger charge is -2.17. The van der Waals surface area contributed by atoms with E-state index in [2.05, 4.69) is 19.2 Å². The summed E-state index contributed by atoms with van der Waals surface area (Å²) in [4.78, 5) is 0. The summed E-state index contributed by atoms with van der Waals surface area (Å²) >= 11 is 0. The van der Waals surface area contributed by atoms with Gasteiger partial charge in [-0.25, -0.2) is 0 Å². The first-order valence-corrected chi connectivity index (χ1v) is 7.46. The van der Waals surface area contributed by atoms with Crippen LogP contribution >= 0.6 is 7.60 Å². The molecule has 0 atom stereocenters. The van der Waals surface area contributed by atoms with Crippen molar-refractivity contribution in [2.24, 2.45) is 0 Å². The van der Waals surface area contributed by atoms with E-state index in [1.807, 2.05) is 0 Å². The van der Waals surface area contributed by atoms with Gasteiger partial charge in [0.25, 0.3) is 0 Å². The van der Waals surface area contributed by atoms with Crippen molar-refractivity contribution >= 4 is 7.60 Å². The van der Waals surface area contributed by atoms with Crippen LogP contribution in [0.3, 0.4) is 0 Å². The van der Waals surface area contributed by atoms with Gasteiger partial charge >= 0.3 is 7.60 Å². The molecule has 0 N–H and O–H groups in total. The molecule has 0 fully saturated rings. The Morgan fingerprint density at radius 2 is 1.79 bits per heavy atom. The topological polar surface area (TPSA) is 59.3 Å². The number of hydrogen-bond donors (Lipinski definition) is 0. The van der Waals surface area contributed by atoms with Crippen LogP contribution < -0.4 is 0 Å². The van der Waals surface area contributed by atoms with Gasteiger partial charge in [0.05, 0.1) is 31.0 Å². The standard InChI is InChI=1S/C14H16NO3P/c1-3-9-17-19(16,18-10-4-2)12-14-8-6-5-7-13(14)11-15/h3-8H,1-2,9-10,12H2. The first-order chi connectivity index (χ1) is 9.15. The molecule has 0 saturated carbocycles. The number of rotatable bonds is 8. The molecule has 0 radical (unpaired) electrons. The number of nitrogens with zero attached hydrogens (tertiary/aromatic N) is 1. The van der Waals surface area contributed by atoms with Crippen LogP contribution in [0.4, 0.5) is 0 Å². The van der Waals surface area contributed by atoms with Gasteiger partial charge in [-0.1, -0.05) is 30.4 Å². The second kappa shape index (κ2) is 7.70. The maximum Gasteiger partial charge on any atom is 0.335 e. The smallest absolute Gasteiger partial charge is 0.304 e. The fraction of sp³-hybridized carbons (Fsp3) is 0.214. The highest BCUT2D eigenvalue weighted by molar-refractivity contribution is 7.53. The van der Waals surface area contributed by atoms with Crippen molar-refractivity contribution < 1.29 is 13.6 Å². The fourth-order valence-corrected chi connectivity index (χ4v) is 3.05. The van der Waals surface area contributed by atoms with Crippen molar-refractivity contribution in [2.45, 2.75) is 6.16 Å². The Balaban J connectivity index is 2.93. The van der Waals surface area contributed by atoms with E-state index in [1.54, 1.807) is 24.3 Å². The van der Waals surface area contributed by atoms with E-state index in [-0.39, 0.29) is 19.4 Å². The molecule has 0 aliphatic heterocycles. The molecule has 1 rings (SSSR count). The van der Waals surface area contributed by atoms with Gasteiger partial charge in [0, 0.05) is 0 Å². The molecule has 19 heavy (non-hydrogen) atoms. The number of benzene rings is 1. The molecule has 0 aliphatic carbocycles. The van der Waals surface area contributed by atoms with Crippen LogP contribution in [0.1, 0.15) is 11.1 Å². The Morgan fingerprint density at radius 3 is 2.32 bits per heavy atom. The van der Waals surface area contributed by atoms with Crippen molar-refractivity contribution in [2.75, 3.05) is 13.2 Å². The average Bonchev–Trinajstić information content (AvgIpc) is 2.44. The second-order valence-corrected chi connectivity index (χ2v) is 5.76. The Morgan fingerprint density at radius 1 is 1.21 bits per heavy atom. The van der Waals surface area contributed by atoms with Crippen LogP contribution in [-0.2, 0) is 19.8 Å². The van der Waals surface area contributed by atoms with Crippen LogP contribution in [0.2, 0.25) is 0 Å². The van der Waals surface area contributed by atoms with E-state index in [9.17, 15) is 4.57 Å². The summed E-state index contributed by atoms with van der Waals surface area (Å²) in [5.74, 6) is 0. The first kappa shape index (κ1) is 15.4. The average molecular weight is 277 g/mol. The lowest BCUT2D eigenvalue weighted by atomic mass is 10.1. The lowest BCUT2D eigenvalue weighted by molar-refractivity contribution is 0.236. The summed E-state index contributed by atoms with van der Waals surface area (Å²) < 4.78 is 23.0. The normalized spacial score (nSPS) is 10.7. The molecule has 100 valence electrons. The summed E-state index contributed by atoms with van der Waals surface area (Å²) in [6, 6.07) is 8.99. The minimum atomic E-state index is -3.31. The Labute approximate surface area is 113 Å². The molecule has 5 heteroatoms. The molecule has 4 nitrogen and oxygen atoms in total. The van der Waals surface area contributed by atoms with Gasteiger partial charge < -0.3 is 9.05 Å². The van der Waals surface area contributed by atoms with Gasteiger partial charge in [0.1, 0.15) is 0 Å². The molecular formula is C14H16NO3P. The molecule has 0 heterocycles. The number of nitriles is 1. The zero-order valence-corrected chi connectivity index (χ0v) is 11.5. The molecule has 0 aliphatic rings. The third-order valence-corrected chi connectivity index (χ3v) is 4.09. The SMILES string of the molecule is C=CCOP(=O)(Cc1ccccc1C#N)OCC=C. The molecule has 0 aromatic heterocycles. The zero-order valence-electron chi connectivity index (χ0n) is 10.6. The predicted molar refractivity (Wildman–Crippen MR) is 74.8 cm³/mol. The van der Waals surface area contributed by atoms with Crippen molar-refractivity contribution in [1.82, 2.24) is 0 Å². The van der Waals surface area contributed by atoms with Crippen molar-refractivity contribution in [3.8, 4) is 6.07 Å². The first-order valence-electron chi connectivity index (χ1n) is 5.73. The highest BCUT2D eigenvalue weighted by Gasteiger charge is 2.25. The molecule has 0 amide bonds. The summed E-state index contributed by atoms with van der Waals surface area (Å²) in [6.45, 7) is 7.28.